The molecule has 0 unspecified atom stereocenters. The summed E-state index contributed by atoms with van der Waals surface area (Å²) in [6.07, 6.45) is 1.68. The maximum Gasteiger partial charge on any atom is 0.166 e. The highest BCUT2D eigenvalue weighted by molar-refractivity contribution is 5.46. The zero-order valence-corrected chi connectivity index (χ0v) is 14.8. The molecule has 0 aliphatic rings. The predicted molar refractivity (Wildman–Crippen MR) is 93.0 cm³/mol. The Hall–Kier alpha value is -2.43. The molecular formula is C20H21ClNO3-. The fourth-order valence-corrected chi connectivity index (χ4v) is 2.49. The third-order valence-corrected chi connectivity index (χ3v) is 3.70. The summed E-state index contributed by atoms with van der Waals surface area (Å²) in [5.41, 5.74) is 2.18. The van der Waals surface area contributed by atoms with Gasteiger partial charge in [0.05, 0.1) is 19.9 Å². The van der Waals surface area contributed by atoms with Gasteiger partial charge in [-0.25, -0.2) is 0 Å². The third kappa shape index (κ3) is 5.28. The van der Waals surface area contributed by atoms with Gasteiger partial charge in [0.1, 0.15) is 12.4 Å². The lowest BCUT2D eigenvalue weighted by Gasteiger charge is -2.15. The van der Waals surface area contributed by atoms with Gasteiger partial charge in [0, 0.05) is 12.1 Å². The van der Waals surface area contributed by atoms with Gasteiger partial charge in [0.2, 0.25) is 0 Å². The Morgan fingerprint density at radius 3 is 2.48 bits per heavy atom. The summed E-state index contributed by atoms with van der Waals surface area (Å²) < 4.78 is 16.8. The molecule has 1 heterocycles. The summed E-state index contributed by atoms with van der Waals surface area (Å²) in [6.45, 7) is 1.84. The molecule has 0 aliphatic carbocycles. The lowest BCUT2D eigenvalue weighted by atomic mass is 10.1. The van der Waals surface area contributed by atoms with Crippen molar-refractivity contribution in [3.05, 3.63) is 83.8 Å². The molecule has 0 radical (unpaired) electrons. The number of methoxy groups -OCH3 is 1. The number of benzene rings is 2. The van der Waals surface area contributed by atoms with Gasteiger partial charge < -0.3 is 31.6 Å². The molecule has 2 aromatic carbocycles. The number of furan rings is 1. The highest BCUT2D eigenvalue weighted by Crippen LogP contribution is 2.31. The monoisotopic (exact) mass is 358 g/mol. The number of hydrogen-bond donors (Lipinski definition) is 1. The van der Waals surface area contributed by atoms with E-state index >= 15 is 0 Å². The molecule has 4 nitrogen and oxygen atoms in total. The topological polar surface area (TPSA) is 43.6 Å². The first kappa shape index (κ1) is 18.9. The standard InChI is InChI=1S/C20H21NO3.ClH/c1-22-19-11-5-9-17(13-21-14-18-10-6-12-23-18)20(19)24-15-16-7-3-2-4-8-16;/h2-12,21H,13-15H2,1H3;1H/p-1. The highest BCUT2D eigenvalue weighted by atomic mass is 35.5. The van der Waals surface area contributed by atoms with Crippen molar-refractivity contribution in [3.63, 3.8) is 0 Å². The molecule has 0 bridgehead atoms. The molecule has 25 heavy (non-hydrogen) atoms. The summed E-state index contributed by atoms with van der Waals surface area (Å²) in [6, 6.07) is 19.9. The maximum atomic E-state index is 6.04. The predicted octanol–water partition coefficient (Wildman–Crippen LogP) is 1.16. The van der Waals surface area contributed by atoms with E-state index in [1.165, 1.54) is 0 Å². The Morgan fingerprint density at radius 2 is 1.76 bits per heavy atom. The zero-order valence-electron chi connectivity index (χ0n) is 14.1. The van der Waals surface area contributed by atoms with Crippen LogP contribution in [0.4, 0.5) is 0 Å². The summed E-state index contributed by atoms with van der Waals surface area (Å²) in [5, 5.41) is 3.36. The van der Waals surface area contributed by atoms with Crippen LogP contribution in [0.15, 0.2) is 71.3 Å². The Labute approximate surface area is 154 Å². The number of ether oxygens (including phenoxy) is 2. The van der Waals surface area contributed by atoms with Crippen LogP contribution in [-0.4, -0.2) is 7.11 Å². The van der Waals surface area contributed by atoms with E-state index in [2.05, 4.69) is 5.32 Å². The first-order chi connectivity index (χ1) is 11.9. The molecule has 5 heteroatoms. The van der Waals surface area contributed by atoms with E-state index in [9.17, 15) is 0 Å². The van der Waals surface area contributed by atoms with Crippen LogP contribution in [0.3, 0.4) is 0 Å². The number of rotatable bonds is 8. The minimum Gasteiger partial charge on any atom is -1.00 e. The Balaban J connectivity index is 0.00000225. The quantitative estimate of drug-likeness (QED) is 0.656. The fraction of sp³-hybridized carbons (Fsp3) is 0.200. The largest absolute Gasteiger partial charge is 1.00 e. The van der Waals surface area contributed by atoms with E-state index in [1.807, 2.05) is 60.7 Å². The van der Waals surface area contributed by atoms with Gasteiger partial charge in [0.15, 0.2) is 11.5 Å². The summed E-state index contributed by atoms with van der Waals surface area (Å²) in [4.78, 5) is 0. The number of halogens is 1. The van der Waals surface area contributed by atoms with Gasteiger partial charge in [-0.2, -0.15) is 0 Å². The Morgan fingerprint density at radius 1 is 0.920 bits per heavy atom. The van der Waals surface area contributed by atoms with Crippen molar-refractivity contribution >= 4 is 0 Å². The van der Waals surface area contributed by atoms with Crippen LogP contribution in [0.25, 0.3) is 0 Å². The second kappa shape index (κ2) is 9.77. The molecule has 132 valence electrons. The smallest absolute Gasteiger partial charge is 0.166 e. The second-order valence-corrected chi connectivity index (χ2v) is 5.41. The van der Waals surface area contributed by atoms with E-state index in [0.717, 1.165) is 28.4 Å². The van der Waals surface area contributed by atoms with E-state index in [-0.39, 0.29) is 12.4 Å². The molecule has 0 fully saturated rings. The third-order valence-electron chi connectivity index (χ3n) is 3.70. The summed E-state index contributed by atoms with van der Waals surface area (Å²) in [7, 11) is 1.66. The minimum atomic E-state index is 0. The summed E-state index contributed by atoms with van der Waals surface area (Å²) in [5.74, 6) is 2.42. The Bertz CT molecular complexity index is 745. The van der Waals surface area contributed by atoms with E-state index in [4.69, 9.17) is 13.9 Å². The molecule has 0 aliphatic heterocycles. The van der Waals surface area contributed by atoms with E-state index in [0.29, 0.717) is 19.7 Å². The van der Waals surface area contributed by atoms with Crippen LogP contribution in [0.2, 0.25) is 0 Å². The first-order valence-electron chi connectivity index (χ1n) is 7.92. The van der Waals surface area contributed by atoms with Crippen molar-refractivity contribution in [1.82, 2.24) is 5.32 Å². The average Bonchev–Trinajstić information content (AvgIpc) is 3.14. The van der Waals surface area contributed by atoms with Gasteiger partial charge in [-0.15, -0.1) is 0 Å². The molecule has 3 aromatic rings. The van der Waals surface area contributed by atoms with Crippen molar-refractivity contribution < 1.29 is 26.3 Å². The van der Waals surface area contributed by atoms with E-state index in [1.54, 1.807) is 13.4 Å². The van der Waals surface area contributed by atoms with Crippen molar-refractivity contribution in [1.29, 1.82) is 0 Å². The van der Waals surface area contributed by atoms with Crippen molar-refractivity contribution in [3.8, 4) is 11.5 Å². The van der Waals surface area contributed by atoms with Crippen molar-refractivity contribution in [2.24, 2.45) is 0 Å². The van der Waals surface area contributed by atoms with Crippen molar-refractivity contribution in [2.75, 3.05) is 7.11 Å². The molecule has 3 rings (SSSR count). The fourth-order valence-electron chi connectivity index (χ4n) is 2.49. The van der Waals surface area contributed by atoms with Crippen LogP contribution in [0.5, 0.6) is 11.5 Å². The molecule has 1 N–H and O–H groups in total. The highest BCUT2D eigenvalue weighted by Gasteiger charge is 2.11. The van der Waals surface area contributed by atoms with Gasteiger partial charge in [-0.3, -0.25) is 0 Å². The lowest BCUT2D eigenvalue weighted by Crippen LogP contribution is -3.00. The summed E-state index contributed by atoms with van der Waals surface area (Å²) >= 11 is 0. The van der Waals surface area contributed by atoms with Crippen LogP contribution >= 0.6 is 0 Å². The number of hydrogen-bond acceptors (Lipinski definition) is 4. The molecular weight excluding hydrogens is 338 g/mol. The molecule has 0 atom stereocenters. The van der Waals surface area contributed by atoms with Crippen LogP contribution in [0, 0.1) is 0 Å². The zero-order chi connectivity index (χ0) is 16.6. The minimum absolute atomic E-state index is 0. The molecule has 0 spiro atoms. The van der Waals surface area contributed by atoms with E-state index < -0.39 is 0 Å². The van der Waals surface area contributed by atoms with Gasteiger partial charge in [-0.1, -0.05) is 42.5 Å². The number of nitrogens with one attached hydrogen (secondary N) is 1. The molecule has 1 aromatic heterocycles. The molecule has 0 saturated carbocycles. The molecule has 0 saturated heterocycles. The van der Waals surface area contributed by atoms with Crippen LogP contribution in [0.1, 0.15) is 16.9 Å². The van der Waals surface area contributed by atoms with Gasteiger partial charge in [-0.05, 0) is 23.8 Å². The van der Waals surface area contributed by atoms with Gasteiger partial charge >= 0.3 is 0 Å². The molecule has 0 amide bonds. The normalized spacial score (nSPS) is 10.1. The number of para-hydroxylation sites is 1. The first-order valence-corrected chi connectivity index (χ1v) is 7.92. The van der Waals surface area contributed by atoms with Gasteiger partial charge in [0.25, 0.3) is 0 Å². The average molecular weight is 359 g/mol. The van der Waals surface area contributed by atoms with Crippen LogP contribution < -0.4 is 27.2 Å². The van der Waals surface area contributed by atoms with Crippen LogP contribution in [-0.2, 0) is 19.7 Å². The maximum absolute atomic E-state index is 6.04. The second-order valence-electron chi connectivity index (χ2n) is 5.41. The Kier molecular flexibility index (Phi) is 7.38. The lowest BCUT2D eigenvalue weighted by molar-refractivity contribution is -0.00000590. The SMILES string of the molecule is COc1cccc(CNCc2ccco2)c1OCc1ccccc1.[Cl-]. The van der Waals surface area contributed by atoms with Crippen molar-refractivity contribution in [2.45, 2.75) is 19.7 Å².